The third-order valence-corrected chi connectivity index (χ3v) is 6.80. The zero-order valence-corrected chi connectivity index (χ0v) is 22.4. The summed E-state index contributed by atoms with van der Waals surface area (Å²) < 4.78 is 24.1. The van der Waals surface area contributed by atoms with Gasteiger partial charge in [-0.25, -0.2) is 4.39 Å². The molecule has 0 saturated carbocycles. The number of benzene rings is 3. The molecule has 0 spiro atoms. The first kappa shape index (κ1) is 27.9. The molecule has 0 aliphatic carbocycles. The number of carbonyl (C=O) groups is 2. The Kier molecular flexibility index (Phi) is 9.69. The van der Waals surface area contributed by atoms with Crippen LogP contribution in [0.3, 0.4) is 0 Å². The van der Waals surface area contributed by atoms with E-state index in [-0.39, 0.29) is 17.6 Å². The monoisotopic (exact) mass is 531 g/mol. The van der Waals surface area contributed by atoms with Gasteiger partial charge in [0.05, 0.1) is 14.2 Å². The number of rotatable bonds is 10. The predicted molar refractivity (Wildman–Crippen MR) is 150 cm³/mol. The van der Waals surface area contributed by atoms with Gasteiger partial charge in [-0.05, 0) is 48.5 Å². The predicted octanol–water partition coefficient (Wildman–Crippen LogP) is 4.46. The fraction of sp³-hybridized carbons (Fsp3) is 0.290. The lowest BCUT2D eigenvalue weighted by Gasteiger charge is -2.36. The molecule has 0 aromatic heterocycles. The Balaban J connectivity index is 1.37. The number of para-hydroxylation sites is 1. The molecule has 2 amide bonds. The topological polar surface area (TPSA) is 62.3 Å². The van der Waals surface area contributed by atoms with E-state index in [1.807, 2.05) is 53.5 Å². The molecule has 0 radical (unpaired) electrons. The van der Waals surface area contributed by atoms with Crippen molar-refractivity contribution in [1.82, 2.24) is 14.7 Å². The number of hydrogen-bond donors (Lipinski definition) is 0. The lowest BCUT2D eigenvalue weighted by atomic mass is 10.1. The molecule has 1 fully saturated rings. The molecule has 7 nitrogen and oxygen atoms in total. The molecule has 8 heteroatoms. The Hall–Kier alpha value is -4.17. The number of nitrogens with zero attached hydrogens (tertiary/aromatic N) is 3. The van der Waals surface area contributed by atoms with Crippen LogP contribution in [-0.2, 0) is 0 Å². The quantitative estimate of drug-likeness (QED) is 0.387. The van der Waals surface area contributed by atoms with E-state index in [1.165, 1.54) is 24.3 Å². The van der Waals surface area contributed by atoms with Crippen molar-refractivity contribution in [2.45, 2.75) is 0 Å². The molecule has 39 heavy (non-hydrogen) atoms. The first-order chi connectivity index (χ1) is 19.0. The Morgan fingerprint density at radius 3 is 2.36 bits per heavy atom. The zero-order valence-electron chi connectivity index (χ0n) is 22.4. The summed E-state index contributed by atoms with van der Waals surface area (Å²) in [4.78, 5) is 32.1. The number of halogens is 1. The fourth-order valence-electron chi connectivity index (χ4n) is 4.54. The standard InChI is InChI=1S/C31H34FN3O4/c1-38-28-10-5-8-26(23-28)31(37)35-21-18-33(19-22-35)17-20-34(30(36)25-12-14-27(32)15-13-25)16-6-9-24-7-3-4-11-29(24)39-2/h3-15,23H,16-22H2,1-2H3. The van der Waals surface area contributed by atoms with Crippen molar-refractivity contribution in [2.75, 3.05) is 60.0 Å². The van der Waals surface area contributed by atoms with Gasteiger partial charge in [-0.15, -0.1) is 0 Å². The highest BCUT2D eigenvalue weighted by molar-refractivity contribution is 5.95. The van der Waals surface area contributed by atoms with E-state index in [2.05, 4.69) is 4.90 Å². The van der Waals surface area contributed by atoms with E-state index in [0.29, 0.717) is 62.7 Å². The van der Waals surface area contributed by atoms with Crippen molar-refractivity contribution in [3.05, 3.63) is 101 Å². The average molecular weight is 532 g/mol. The molecule has 3 aromatic rings. The smallest absolute Gasteiger partial charge is 0.254 e. The molecule has 1 aliphatic heterocycles. The number of carbonyl (C=O) groups excluding carboxylic acids is 2. The van der Waals surface area contributed by atoms with Gasteiger partial charge >= 0.3 is 0 Å². The van der Waals surface area contributed by atoms with E-state index in [1.54, 1.807) is 31.3 Å². The highest BCUT2D eigenvalue weighted by atomic mass is 19.1. The van der Waals surface area contributed by atoms with Gasteiger partial charge in [0.2, 0.25) is 0 Å². The van der Waals surface area contributed by atoms with E-state index >= 15 is 0 Å². The normalized spacial score (nSPS) is 13.9. The highest BCUT2D eigenvalue weighted by Gasteiger charge is 2.23. The third-order valence-electron chi connectivity index (χ3n) is 6.80. The number of methoxy groups -OCH3 is 2. The first-order valence-corrected chi connectivity index (χ1v) is 13.0. The van der Waals surface area contributed by atoms with Crippen molar-refractivity contribution < 1.29 is 23.5 Å². The minimum absolute atomic E-state index is 0.0110. The molecule has 1 heterocycles. The first-order valence-electron chi connectivity index (χ1n) is 13.0. The summed E-state index contributed by atoms with van der Waals surface area (Å²) in [6.45, 7) is 4.19. The number of hydrogen-bond acceptors (Lipinski definition) is 5. The summed E-state index contributed by atoms with van der Waals surface area (Å²) in [6, 6.07) is 20.5. The maximum Gasteiger partial charge on any atom is 0.254 e. The Morgan fingerprint density at radius 1 is 0.897 bits per heavy atom. The van der Waals surface area contributed by atoms with Crippen molar-refractivity contribution in [3.63, 3.8) is 0 Å². The molecule has 1 aliphatic rings. The zero-order chi connectivity index (χ0) is 27.6. The average Bonchev–Trinajstić information content (AvgIpc) is 2.99. The summed E-state index contributed by atoms with van der Waals surface area (Å²) in [5, 5.41) is 0. The van der Waals surface area contributed by atoms with E-state index in [9.17, 15) is 14.0 Å². The van der Waals surface area contributed by atoms with E-state index < -0.39 is 0 Å². The van der Waals surface area contributed by atoms with Crippen molar-refractivity contribution in [3.8, 4) is 11.5 Å². The summed E-state index contributed by atoms with van der Waals surface area (Å²) in [7, 11) is 3.21. The summed E-state index contributed by atoms with van der Waals surface area (Å²) in [6.07, 6.45) is 3.87. The molecular formula is C31H34FN3O4. The van der Waals surface area contributed by atoms with Gasteiger partial charge in [-0.3, -0.25) is 14.5 Å². The number of piperazine rings is 1. The van der Waals surface area contributed by atoms with Crippen LogP contribution >= 0.6 is 0 Å². The van der Waals surface area contributed by atoms with Gasteiger partial charge in [-0.1, -0.05) is 36.4 Å². The van der Waals surface area contributed by atoms with Crippen LogP contribution in [0.1, 0.15) is 26.3 Å². The number of amides is 2. The fourth-order valence-corrected chi connectivity index (χ4v) is 4.54. The van der Waals surface area contributed by atoms with Gasteiger partial charge < -0.3 is 19.3 Å². The van der Waals surface area contributed by atoms with Crippen molar-refractivity contribution in [2.24, 2.45) is 0 Å². The van der Waals surface area contributed by atoms with Crippen LogP contribution in [0, 0.1) is 5.82 Å². The Bertz CT molecular complexity index is 1290. The molecule has 0 unspecified atom stereocenters. The molecule has 0 atom stereocenters. The molecule has 4 rings (SSSR count). The van der Waals surface area contributed by atoms with Crippen LogP contribution in [0.15, 0.2) is 78.9 Å². The van der Waals surface area contributed by atoms with Gasteiger partial charge in [0.1, 0.15) is 17.3 Å². The maximum atomic E-state index is 13.4. The minimum atomic E-state index is -0.379. The summed E-state index contributed by atoms with van der Waals surface area (Å²) >= 11 is 0. The summed E-state index contributed by atoms with van der Waals surface area (Å²) in [5.41, 5.74) is 1.97. The Labute approximate surface area is 229 Å². The van der Waals surface area contributed by atoms with Crippen LogP contribution in [0.4, 0.5) is 4.39 Å². The summed E-state index contributed by atoms with van der Waals surface area (Å²) in [5.74, 6) is 0.863. The van der Waals surface area contributed by atoms with Gasteiger partial charge in [0, 0.05) is 62.5 Å². The molecular weight excluding hydrogens is 497 g/mol. The van der Waals surface area contributed by atoms with Crippen LogP contribution in [0.5, 0.6) is 11.5 Å². The largest absolute Gasteiger partial charge is 0.497 e. The highest BCUT2D eigenvalue weighted by Crippen LogP contribution is 2.19. The van der Waals surface area contributed by atoms with Crippen molar-refractivity contribution in [1.29, 1.82) is 0 Å². The second kappa shape index (κ2) is 13.6. The molecule has 0 bridgehead atoms. The van der Waals surface area contributed by atoms with Crippen LogP contribution in [0.25, 0.3) is 6.08 Å². The lowest BCUT2D eigenvalue weighted by Crippen LogP contribution is -2.50. The van der Waals surface area contributed by atoms with Crippen LogP contribution in [0.2, 0.25) is 0 Å². The Morgan fingerprint density at radius 2 is 1.64 bits per heavy atom. The number of ether oxygens (including phenoxy) is 2. The SMILES string of the molecule is COc1cccc(C(=O)N2CCN(CCN(CC=Cc3ccccc3OC)C(=O)c3ccc(F)cc3)CC2)c1. The van der Waals surface area contributed by atoms with Gasteiger partial charge in [0.15, 0.2) is 0 Å². The second-order valence-electron chi connectivity index (χ2n) is 9.27. The molecule has 204 valence electrons. The van der Waals surface area contributed by atoms with E-state index in [0.717, 1.165) is 11.3 Å². The van der Waals surface area contributed by atoms with Crippen LogP contribution < -0.4 is 9.47 Å². The van der Waals surface area contributed by atoms with Crippen molar-refractivity contribution >= 4 is 17.9 Å². The third kappa shape index (κ3) is 7.45. The lowest BCUT2D eigenvalue weighted by molar-refractivity contribution is 0.0609. The minimum Gasteiger partial charge on any atom is -0.497 e. The maximum absolute atomic E-state index is 13.4. The van der Waals surface area contributed by atoms with Crippen LogP contribution in [-0.4, -0.2) is 86.5 Å². The molecule has 1 saturated heterocycles. The van der Waals surface area contributed by atoms with Gasteiger partial charge in [-0.2, -0.15) is 0 Å². The molecule has 0 N–H and O–H groups in total. The van der Waals surface area contributed by atoms with E-state index in [4.69, 9.17) is 9.47 Å². The second-order valence-corrected chi connectivity index (χ2v) is 9.27. The molecule has 3 aromatic carbocycles. The van der Waals surface area contributed by atoms with Gasteiger partial charge in [0.25, 0.3) is 11.8 Å².